The van der Waals surface area contributed by atoms with E-state index < -0.39 is 11.9 Å². The Labute approximate surface area is 81.0 Å². The third-order valence-corrected chi connectivity index (χ3v) is 2.08. The van der Waals surface area contributed by atoms with Gasteiger partial charge in [0.25, 0.3) is 0 Å². The average molecular weight is 200 g/mol. The smallest absolute Gasteiger partial charge is 0.332 e. The molecule has 0 amide bonds. The largest absolute Gasteiger partial charge is 0.478 e. The van der Waals surface area contributed by atoms with E-state index in [-0.39, 0.29) is 17.6 Å². The molecular formula is C9H12O5. The number of carboxylic acids is 2. The topological polar surface area (TPSA) is 87.1 Å². The standard InChI is InChI=1S/C9H12O5/c1-5(2-6-4-14-6)7(9(12)13)3-8(10)11/h3,5-6H,2,4H2,1H3,(H,10,11)(H,12,13). The molecule has 0 bridgehead atoms. The van der Waals surface area contributed by atoms with Gasteiger partial charge in [-0.15, -0.1) is 0 Å². The quantitative estimate of drug-likeness (QED) is 0.498. The Balaban J connectivity index is 2.64. The van der Waals surface area contributed by atoms with Gasteiger partial charge in [-0.05, 0) is 12.3 Å². The number of carboxylic acid groups (broad SMARTS) is 2. The predicted molar refractivity (Wildman–Crippen MR) is 46.9 cm³/mol. The first kappa shape index (κ1) is 10.7. The van der Waals surface area contributed by atoms with Gasteiger partial charge in [0.1, 0.15) is 0 Å². The summed E-state index contributed by atoms with van der Waals surface area (Å²) in [4.78, 5) is 21.1. The van der Waals surface area contributed by atoms with Crippen LogP contribution in [-0.4, -0.2) is 34.9 Å². The van der Waals surface area contributed by atoms with Crippen molar-refractivity contribution < 1.29 is 24.5 Å². The summed E-state index contributed by atoms with van der Waals surface area (Å²) < 4.78 is 4.95. The fraction of sp³-hybridized carbons (Fsp3) is 0.556. The monoisotopic (exact) mass is 200 g/mol. The van der Waals surface area contributed by atoms with Gasteiger partial charge in [-0.1, -0.05) is 6.92 Å². The van der Waals surface area contributed by atoms with Crippen molar-refractivity contribution in [1.82, 2.24) is 0 Å². The third kappa shape index (κ3) is 3.18. The first-order valence-corrected chi connectivity index (χ1v) is 4.30. The molecule has 0 radical (unpaired) electrons. The predicted octanol–water partition coefficient (Wildman–Crippen LogP) is 0.507. The molecule has 2 N–H and O–H groups in total. The Morgan fingerprint density at radius 3 is 2.50 bits per heavy atom. The van der Waals surface area contributed by atoms with Gasteiger partial charge < -0.3 is 14.9 Å². The van der Waals surface area contributed by atoms with Crippen molar-refractivity contribution in [1.29, 1.82) is 0 Å². The molecule has 1 fully saturated rings. The van der Waals surface area contributed by atoms with Crippen LogP contribution in [0, 0.1) is 5.92 Å². The summed E-state index contributed by atoms with van der Waals surface area (Å²) in [6.07, 6.45) is 1.40. The second-order valence-electron chi connectivity index (χ2n) is 3.34. The summed E-state index contributed by atoms with van der Waals surface area (Å²) in [6.45, 7) is 2.33. The fourth-order valence-electron chi connectivity index (χ4n) is 1.27. The van der Waals surface area contributed by atoms with E-state index in [0.29, 0.717) is 13.0 Å². The lowest BCUT2D eigenvalue weighted by atomic mass is 9.96. The number of ether oxygens (including phenoxy) is 1. The van der Waals surface area contributed by atoms with Crippen molar-refractivity contribution in [3.05, 3.63) is 11.6 Å². The summed E-state index contributed by atoms with van der Waals surface area (Å²) in [7, 11) is 0. The number of rotatable bonds is 5. The van der Waals surface area contributed by atoms with Crippen LogP contribution < -0.4 is 0 Å². The van der Waals surface area contributed by atoms with Crippen molar-refractivity contribution in [2.75, 3.05) is 6.61 Å². The maximum atomic E-state index is 10.7. The van der Waals surface area contributed by atoms with Crippen LogP contribution in [0.4, 0.5) is 0 Å². The Hall–Kier alpha value is -1.36. The molecule has 0 aliphatic carbocycles. The minimum Gasteiger partial charge on any atom is -0.478 e. The first-order chi connectivity index (χ1) is 6.50. The highest BCUT2D eigenvalue weighted by molar-refractivity contribution is 5.94. The first-order valence-electron chi connectivity index (χ1n) is 4.30. The van der Waals surface area contributed by atoms with Crippen LogP contribution in [0.15, 0.2) is 11.6 Å². The Morgan fingerprint density at radius 1 is 1.57 bits per heavy atom. The molecule has 5 nitrogen and oxygen atoms in total. The molecule has 0 saturated carbocycles. The number of hydrogen-bond donors (Lipinski definition) is 2. The summed E-state index contributed by atoms with van der Waals surface area (Å²) in [5.74, 6) is -2.71. The average Bonchev–Trinajstić information content (AvgIpc) is 2.82. The summed E-state index contributed by atoms with van der Waals surface area (Å²) in [5, 5.41) is 17.2. The number of aliphatic carboxylic acids is 2. The van der Waals surface area contributed by atoms with E-state index in [2.05, 4.69) is 0 Å². The van der Waals surface area contributed by atoms with E-state index >= 15 is 0 Å². The van der Waals surface area contributed by atoms with Crippen molar-refractivity contribution in [2.45, 2.75) is 19.4 Å². The van der Waals surface area contributed by atoms with Gasteiger partial charge in [0.05, 0.1) is 12.7 Å². The zero-order valence-electron chi connectivity index (χ0n) is 7.77. The van der Waals surface area contributed by atoms with E-state index in [1.54, 1.807) is 6.92 Å². The third-order valence-electron chi connectivity index (χ3n) is 2.08. The molecular weight excluding hydrogens is 188 g/mol. The zero-order chi connectivity index (χ0) is 10.7. The van der Waals surface area contributed by atoms with Gasteiger partial charge in [0, 0.05) is 11.6 Å². The second kappa shape index (κ2) is 4.23. The van der Waals surface area contributed by atoms with E-state index in [9.17, 15) is 9.59 Å². The molecule has 78 valence electrons. The molecule has 2 atom stereocenters. The highest BCUT2D eigenvalue weighted by atomic mass is 16.6. The normalized spacial score (nSPS) is 22.9. The minimum absolute atomic E-state index is 0.0759. The molecule has 14 heavy (non-hydrogen) atoms. The molecule has 1 aliphatic heterocycles. The lowest BCUT2D eigenvalue weighted by Gasteiger charge is -2.09. The van der Waals surface area contributed by atoms with Crippen LogP contribution >= 0.6 is 0 Å². The maximum absolute atomic E-state index is 10.7. The van der Waals surface area contributed by atoms with Gasteiger partial charge in [0.15, 0.2) is 0 Å². The van der Waals surface area contributed by atoms with Gasteiger partial charge >= 0.3 is 11.9 Å². The SMILES string of the molecule is CC(CC1CO1)C(=CC(=O)O)C(=O)O. The Bertz CT molecular complexity index is 277. The molecule has 0 spiro atoms. The van der Waals surface area contributed by atoms with E-state index in [4.69, 9.17) is 14.9 Å². The molecule has 1 heterocycles. The summed E-state index contributed by atoms with van der Waals surface area (Å²) in [6, 6.07) is 0. The van der Waals surface area contributed by atoms with Crippen LogP contribution in [0.5, 0.6) is 0 Å². The van der Waals surface area contributed by atoms with Crippen LogP contribution in [0.2, 0.25) is 0 Å². The molecule has 1 saturated heterocycles. The fourth-order valence-corrected chi connectivity index (χ4v) is 1.27. The van der Waals surface area contributed by atoms with Gasteiger partial charge in [-0.3, -0.25) is 0 Å². The van der Waals surface area contributed by atoms with Crippen molar-refractivity contribution in [3.63, 3.8) is 0 Å². The lowest BCUT2D eigenvalue weighted by Crippen LogP contribution is -2.13. The van der Waals surface area contributed by atoms with E-state index in [1.165, 1.54) is 0 Å². The molecule has 0 aromatic heterocycles. The van der Waals surface area contributed by atoms with Gasteiger partial charge in [-0.25, -0.2) is 9.59 Å². The number of carbonyl (C=O) groups is 2. The maximum Gasteiger partial charge on any atom is 0.332 e. The molecule has 5 heteroatoms. The summed E-state index contributed by atoms with van der Waals surface area (Å²) in [5.41, 5.74) is -0.0759. The Kier molecular flexibility index (Phi) is 3.24. The van der Waals surface area contributed by atoms with Crippen molar-refractivity contribution >= 4 is 11.9 Å². The molecule has 1 aliphatic rings. The summed E-state index contributed by atoms with van der Waals surface area (Å²) >= 11 is 0. The van der Waals surface area contributed by atoms with E-state index in [1.807, 2.05) is 0 Å². The highest BCUT2D eigenvalue weighted by Gasteiger charge is 2.28. The number of epoxide rings is 1. The van der Waals surface area contributed by atoms with Crippen LogP contribution in [0.3, 0.4) is 0 Å². The Morgan fingerprint density at radius 2 is 2.14 bits per heavy atom. The van der Waals surface area contributed by atoms with Crippen molar-refractivity contribution in [2.24, 2.45) is 5.92 Å². The van der Waals surface area contributed by atoms with E-state index in [0.717, 1.165) is 6.08 Å². The number of hydrogen-bond acceptors (Lipinski definition) is 3. The molecule has 1 rings (SSSR count). The molecule has 2 unspecified atom stereocenters. The van der Waals surface area contributed by atoms with Crippen LogP contribution in [0.25, 0.3) is 0 Å². The molecule has 0 aromatic carbocycles. The lowest BCUT2D eigenvalue weighted by molar-refractivity contribution is -0.135. The zero-order valence-corrected chi connectivity index (χ0v) is 7.77. The second-order valence-corrected chi connectivity index (χ2v) is 3.34. The van der Waals surface area contributed by atoms with Gasteiger partial charge in [0.2, 0.25) is 0 Å². The molecule has 0 aromatic rings. The van der Waals surface area contributed by atoms with Gasteiger partial charge in [-0.2, -0.15) is 0 Å². The van der Waals surface area contributed by atoms with Crippen LogP contribution in [-0.2, 0) is 14.3 Å². The minimum atomic E-state index is -1.23. The van der Waals surface area contributed by atoms with Crippen LogP contribution in [0.1, 0.15) is 13.3 Å². The van der Waals surface area contributed by atoms with Crippen molar-refractivity contribution in [3.8, 4) is 0 Å². The highest BCUT2D eigenvalue weighted by Crippen LogP contribution is 2.24.